The zero-order valence-electron chi connectivity index (χ0n) is 17.2. The first-order chi connectivity index (χ1) is 13.1. The molecular weight excluding hydrogens is 467 g/mol. The Bertz CT molecular complexity index is 668. The molecule has 2 fully saturated rings. The summed E-state index contributed by atoms with van der Waals surface area (Å²) in [6, 6.07) is 4.00. The molecule has 1 amide bonds. The highest BCUT2D eigenvalue weighted by Gasteiger charge is 2.30. The summed E-state index contributed by atoms with van der Waals surface area (Å²) in [5.41, 5.74) is 2.22. The molecule has 0 spiro atoms. The van der Waals surface area contributed by atoms with Crippen LogP contribution in [0.3, 0.4) is 0 Å². The van der Waals surface area contributed by atoms with Crippen molar-refractivity contribution < 1.29 is 4.79 Å². The second kappa shape index (κ2) is 10.9. The number of aryl methyl sites for hydroxylation is 1. The number of rotatable bonds is 4. The molecule has 1 N–H and O–H groups in total. The van der Waals surface area contributed by atoms with Crippen LogP contribution in [-0.2, 0) is 11.3 Å². The van der Waals surface area contributed by atoms with Gasteiger partial charge >= 0.3 is 0 Å². The third-order valence-electron chi connectivity index (χ3n) is 5.68. The number of pyridine rings is 1. The van der Waals surface area contributed by atoms with E-state index < -0.39 is 0 Å². The van der Waals surface area contributed by atoms with Gasteiger partial charge in [0.05, 0.1) is 18.3 Å². The number of aliphatic imine (C=N–C) groups is 1. The maximum absolute atomic E-state index is 12.6. The van der Waals surface area contributed by atoms with Gasteiger partial charge in [-0.1, -0.05) is 6.07 Å². The van der Waals surface area contributed by atoms with Gasteiger partial charge < -0.3 is 15.1 Å². The van der Waals surface area contributed by atoms with Gasteiger partial charge in [0, 0.05) is 52.5 Å². The van der Waals surface area contributed by atoms with E-state index in [2.05, 4.69) is 38.1 Å². The van der Waals surface area contributed by atoms with Gasteiger partial charge in [0.15, 0.2) is 5.96 Å². The maximum atomic E-state index is 12.6. The Labute approximate surface area is 185 Å². The SMILES string of the molecule is CN=C(NCc1ncccc1C)N1CCN(C(C)C(=O)N2CCCC2)CC1.I. The molecule has 0 aliphatic carbocycles. The van der Waals surface area contributed by atoms with Crippen molar-refractivity contribution in [2.75, 3.05) is 46.3 Å². The van der Waals surface area contributed by atoms with Gasteiger partial charge in [-0.25, -0.2) is 0 Å². The second-order valence-electron chi connectivity index (χ2n) is 7.40. The molecule has 2 saturated heterocycles. The van der Waals surface area contributed by atoms with Crippen LogP contribution in [-0.4, -0.2) is 83.9 Å². The van der Waals surface area contributed by atoms with Crippen molar-refractivity contribution in [3.05, 3.63) is 29.6 Å². The lowest BCUT2D eigenvalue weighted by Crippen LogP contribution is -2.57. The van der Waals surface area contributed by atoms with Crippen molar-refractivity contribution in [3.8, 4) is 0 Å². The van der Waals surface area contributed by atoms with Gasteiger partial charge in [0.25, 0.3) is 0 Å². The lowest BCUT2D eigenvalue weighted by molar-refractivity contribution is -0.135. The summed E-state index contributed by atoms with van der Waals surface area (Å²) in [6.07, 6.45) is 4.11. The number of guanidine groups is 1. The van der Waals surface area contributed by atoms with Crippen molar-refractivity contribution in [1.82, 2.24) is 25.0 Å². The van der Waals surface area contributed by atoms with Crippen molar-refractivity contribution in [1.29, 1.82) is 0 Å². The summed E-state index contributed by atoms with van der Waals surface area (Å²) in [6.45, 7) is 10.1. The minimum atomic E-state index is -0.0311. The third kappa shape index (κ3) is 5.56. The molecule has 0 saturated carbocycles. The molecule has 1 unspecified atom stereocenters. The predicted molar refractivity (Wildman–Crippen MR) is 123 cm³/mol. The van der Waals surface area contributed by atoms with Crippen LogP contribution in [0.1, 0.15) is 31.0 Å². The van der Waals surface area contributed by atoms with Crippen molar-refractivity contribution >= 4 is 35.8 Å². The highest BCUT2D eigenvalue weighted by molar-refractivity contribution is 14.0. The first-order valence-electron chi connectivity index (χ1n) is 9.99. The molecule has 1 aromatic rings. The fraction of sp³-hybridized carbons (Fsp3) is 0.650. The Kier molecular flexibility index (Phi) is 8.94. The lowest BCUT2D eigenvalue weighted by atomic mass is 10.2. The second-order valence-corrected chi connectivity index (χ2v) is 7.40. The molecule has 156 valence electrons. The molecule has 3 rings (SSSR count). The molecule has 0 aromatic carbocycles. The Hall–Kier alpha value is -1.42. The highest BCUT2D eigenvalue weighted by atomic mass is 127. The molecule has 8 heteroatoms. The summed E-state index contributed by atoms with van der Waals surface area (Å²) >= 11 is 0. The molecule has 28 heavy (non-hydrogen) atoms. The van der Waals surface area contributed by atoms with Crippen LogP contribution in [0.2, 0.25) is 0 Å². The van der Waals surface area contributed by atoms with E-state index in [4.69, 9.17) is 0 Å². The van der Waals surface area contributed by atoms with Crippen LogP contribution in [0.25, 0.3) is 0 Å². The van der Waals surface area contributed by atoms with Gasteiger partial charge in [-0.2, -0.15) is 0 Å². The Morgan fingerprint density at radius 2 is 1.86 bits per heavy atom. The minimum absolute atomic E-state index is 0. The number of hydrogen-bond donors (Lipinski definition) is 1. The summed E-state index contributed by atoms with van der Waals surface area (Å²) in [5, 5.41) is 3.43. The number of nitrogens with zero attached hydrogens (tertiary/aromatic N) is 5. The zero-order valence-corrected chi connectivity index (χ0v) is 19.6. The van der Waals surface area contributed by atoms with Gasteiger partial charge in [0.2, 0.25) is 5.91 Å². The average molecular weight is 500 g/mol. The maximum Gasteiger partial charge on any atom is 0.239 e. The van der Waals surface area contributed by atoms with Crippen molar-refractivity contribution in [3.63, 3.8) is 0 Å². The van der Waals surface area contributed by atoms with Gasteiger partial charge in [-0.3, -0.25) is 19.7 Å². The van der Waals surface area contributed by atoms with Gasteiger partial charge in [0.1, 0.15) is 0 Å². The fourth-order valence-electron chi connectivity index (χ4n) is 3.88. The highest BCUT2D eigenvalue weighted by Crippen LogP contribution is 2.14. The first-order valence-corrected chi connectivity index (χ1v) is 9.99. The van der Waals surface area contributed by atoms with Gasteiger partial charge in [-0.05, 0) is 38.3 Å². The molecule has 1 aromatic heterocycles. The van der Waals surface area contributed by atoms with Crippen molar-refractivity contribution in [2.24, 2.45) is 4.99 Å². The van der Waals surface area contributed by atoms with Crippen LogP contribution < -0.4 is 5.32 Å². The van der Waals surface area contributed by atoms with Crippen LogP contribution in [0.5, 0.6) is 0 Å². The number of carbonyl (C=O) groups is 1. The van der Waals surface area contributed by atoms with E-state index in [1.807, 2.05) is 31.1 Å². The number of likely N-dealkylation sites (tertiary alicyclic amines) is 1. The van der Waals surface area contributed by atoms with Crippen LogP contribution in [0.15, 0.2) is 23.3 Å². The summed E-state index contributed by atoms with van der Waals surface area (Å²) in [5.74, 6) is 1.19. The van der Waals surface area contributed by atoms with E-state index in [9.17, 15) is 4.79 Å². The average Bonchev–Trinajstić information content (AvgIpc) is 3.24. The van der Waals surface area contributed by atoms with Crippen LogP contribution in [0, 0.1) is 6.92 Å². The zero-order chi connectivity index (χ0) is 19.2. The number of halogens is 1. The van der Waals surface area contributed by atoms with Crippen LogP contribution >= 0.6 is 24.0 Å². The van der Waals surface area contributed by atoms with Crippen molar-refractivity contribution in [2.45, 2.75) is 39.3 Å². The molecule has 2 aliphatic heterocycles. The monoisotopic (exact) mass is 500 g/mol. The van der Waals surface area contributed by atoms with E-state index in [1.165, 1.54) is 5.56 Å². The third-order valence-corrected chi connectivity index (χ3v) is 5.68. The molecule has 3 heterocycles. The Morgan fingerprint density at radius 3 is 2.46 bits per heavy atom. The quantitative estimate of drug-likeness (QED) is 0.388. The molecule has 2 aliphatic rings. The summed E-state index contributed by atoms with van der Waals surface area (Å²) < 4.78 is 0. The number of carbonyl (C=O) groups excluding carboxylic acids is 1. The largest absolute Gasteiger partial charge is 0.351 e. The molecule has 0 radical (unpaired) electrons. The number of amides is 1. The number of hydrogen-bond acceptors (Lipinski definition) is 4. The molecule has 1 atom stereocenters. The van der Waals surface area contributed by atoms with E-state index in [1.54, 1.807) is 0 Å². The van der Waals surface area contributed by atoms with E-state index >= 15 is 0 Å². The first kappa shape index (κ1) is 22.9. The molecule has 0 bridgehead atoms. The number of nitrogens with one attached hydrogen (secondary N) is 1. The van der Waals surface area contributed by atoms with E-state index in [0.717, 1.165) is 63.8 Å². The van der Waals surface area contributed by atoms with Crippen LogP contribution in [0.4, 0.5) is 0 Å². The predicted octanol–water partition coefficient (Wildman–Crippen LogP) is 1.71. The normalized spacial score (nSPS) is 19.3. The van der Waals surface area contributed by atoms with E-state index in [-0.39, 0.29) is 35.9 Å². The molecule has 7 nitrogen and oxygen atoms in total. The topological polar surface area (TPSA) is 64.1 Å². The summed E-state index contributed by atoms with van der Waals surface area (Å²) in [7, 11) is 1.82. The lowest BCUT2D eigenvalue weighted by Gasteiger charge is -2.39. The standard InChI is InChI=1S/C20H32N6O.HI/c1-16-7-6-8-22-18(16)15-23-20(21-3)26-13-11-24(12-14-26)17(2)19(27)25-9-4-5-10-25;/h6-8,17H,4-5,9-15H2,1-3H3,(H,21,23);1H. The van der Waals surface area contributed by atoms with Gasteiger partial charge in [-0.15, -0.1) is 24.0 Å². The minimum Gasteiger partial charge on any atom is -0.351 e. The Balaban J connectivity index is 0.00000280. The summed E-state index contributed by atoms with van der Waals surface area (Å²) in [4.78, 5) is 28.1. The van der Waals surface area contributed by atoms with E-state index in [0.29, 0.717) is 6.54 Å². The fourth-order valence-corrected chi connectivity index (χ4v) is 3.88. The number of piperazine rings is 1. The Morgan fingerprint density at radius 1 is 1.18 bits per heavy atom. The smallest absolute Gasteiger partial charge is 0.239 e. The molecular formula is C20H33IN6O. The number of aromatic nitrogens is 1.